The number of alkyl halides is 3. The van der Waals surface area contributed by atoms with Gasteiger partial charge in [-0.15, -0.1) is 0 Å². The van der Waals surface area contributed by atoms with E-state index in [1.807, 2.05) is 4.72 Å². The first-order valence-electron chi connectivity index (χ1n) is 5.71. The predicted molar refractivity (Wildman–Crippen MR) is 72.1 cm³/mol. The van der Waals surface area contributed by atoms with Gasteiger partial charge in [0.25, 0.3) is 10.0 Å². The third-order valence-corrected chi connectivity index (χ3v) is 4.06. The molecule has 0 aliphatic carbocycles. The van der Waals surface area contributed by atoms with Gasteiger partial charge in [0, 0.05) is 25.1 Å². The van der Waals surface area contributed by atoms with Crippen LogP contribution in [0, 0.1) is 0 Å². The molecule has 5 nitrogen and oxygen atoms in total. The average Bonchev–Trinajstić information content (AvgIpc) is 2.77. The molecule has 0 aliphatic heterocycles. The normalized spacial score (nSPS) is 12.4. The van der Waals surface area contributed by atoms with Gasteiger partial charge in [0.15, 0.2) is 0 Å². The lowest BCUT2D eigenvalue weighted by molar-refractivity contribution is -0.136. The summed E-state index contributed by atoms with van der Waals surface area (Å²) in [6.07, 6.45) is -1.96. The lowest BCUT2D eigenvalue weighted by atomic mass is 10.1. The molecular weight excluding hydrogens is 307 g/mol. The number of benzene rings is 1. The summed E-state index contributed by atoms with van der Waals surface area (Å²) < 4.78 is 66.3. The van der Waals surface area contributed by atoms with Crippen molar-refractivity contribution in [3.05, 3.63) is 42.2 Å². The molecule has 0 radical (unpaired) electrons. The fraction of sp³-hybridized carbons (Fsp3) is 0.167. The van der Waals surface area contributed by atoms with Crippen LogP contribution in [-0.2, 0) is 23.2 Å². The number of halogens is 3. The van der Waals surface area contributed by atoms with Crippen LogP contribution in [0.2, 0.25) is 0 Å². The number of nitrogens with one attached hydrogen (secondary N) is 1. The lowest BCUT2D eigenvalue weighted by Gasteiger charge is -2.15. The zero-order valence-corrected chi connectivity index (χ0v) is 11.7. The maximum Gasteiger partial charge on any atom is 0.418 e. The second-order valence-corrected chi connectivity index (χ2v) is 6.10. The van der Waals surface area contributed by atoms with E-state index in [-0.39, 0.29) is 10.6 Å². The third kappa shape index (κ3) is 3.30. The van der Waals surface area contributed by atoms with E-state index in [4.69, 9.17) is 5.73 Å². The highest BCUT2D eigenvalue weighted by Crippen LogP contribution is 2.36. The number of rotatable bonds is 3. The molecule has 1 aromatic carbocycles. The number of nitrogen functional groups attached to an aromatic ring is 1. The minimum atomic E-state index is -4.72. The first-order valence-corrected chi connectivity index (χ1v) is 7.19. The van der Waals surface area contributed by atoms with Gasteiger partial charge in [-0.25, -0.2) is 8.42 Å². The average molecular weight is 319 g/mol. The number of anilines is 2. The van der Waals surface area contributed by atoms with E-state index < -0.39 is 27.5 Å². The first kappa shape index (κ1) is 15.2. The van der Waals surface area contributed by atoms with Crippen molar-refractivity contribution in [3.8, 4) is 0 Å². The number of hydrogen-bond donors (Lipinski definition) is 2. The van der Waals surface area contributed by atoms with Gasteiger partial charge in [-0.1, -0.05) is 0 Å². The van der Waals surface area contributed by atoms with Crippen LogP contribution >= 0.6 is 0 Å². The van der Waals surface area contributed by atoms with Crippen LogP contribution in [0.25, 0.3) is 0 Å². The molecule has 114 valence electrons. The molecule has 0 amide bonds. The lowest BCUT2D eigenvalue weighted by Crippen LogP contribution is -2.17. The monoisotopic (exact) mass is 319 g/mol. The Balaban J connectivity index is 2.45. The van der Waals surface area contributed by atoms with E-state index >= 15 is 0 Å². The molecule has 0 spiro atoms. The van der Waals surface area contributed by atoms with Crippen molar-refractivity contribution in [2.45, 2.75) is 11.1 Å². The molecule has 0 unspecified atom stereocenters. The fourth-order valence-electron chi connectivity index (χ4n) is 1.73. The van der Waals surface area contributed by atoms with Crippen LogP contribution in [0.5, 0.6) is 0 Å². The van der Waals surface area contributed by atoms with E-state index in [9.17, 15) is 21.6 Å². The zero-order chi connectivity index (χ0) is 15.8. The van der Waals surface area contributed by atoms with Crippen LogP contribution in [0.1, 0.15) is 5.56 Å². The summed E-state index contributed by atoms with van der Waals surface area (Å²) in [7, 11) is -2.50. The predicted octanol–water partition coefficient (Wildman–Crippen LogP) is 2.43. The molecule has 0 aliphatic rings. The first-order chi connectivity index (χ1) is 9.59. The van der Waals surface area contributed by atoms with Crippen LogP contribution < -0.4 is 10.5 Å². The second-order valence-electron chi connectivity index (χ2n) is 4.42. The quantitative estimate of drug-likeness (QED) is 0.853. The number of sulfonamides is 1. The molecule has 21 heavy (non-hydrogen) atoms. The van der Waals surface area contributed by atoms with E-state index in [0.717, 1.165) is 6.07 Å². The number of aromatic nitrogens is 1. The van der Waals surface area contributed by atoms with Gasteiger partial charge < -0.3 is 10.3 Å². The molecule has 0 atom stereocenters. The minimum Gasteiger partial charge on any atom is -0.399 e. The van der Waals surface area contributed by atoms with Crippen molar-refractivity contribution < 1.29 is 21.6 Å². The Hall–Kier alpha value is -2.16. The molecule has 3 N–H and O–H groups in total. The zero-order valence-electron chi connectivity index (χ0n) is 10.8. The molecule has 0 saturated heterocycles. The standard InChI is InChI=1S/C12H12F3N3O2S/c1-18-5-4-9(7-18)21(19,20)17-11-3-2-8(16)6-10(11)12(13,14)15/h2-7,17H,16H2,1H3. The summed E-state index contributed by atoms with van der Waals surface area (Å²) in [4.78, 5) is -0.130. The number of nitrogens with two attached hydrogens (primary N) is 1. The van der Waals surface area contributed by atoms with Crippen LogP contribution in [0.15, 0.2) is 41.6 Å². The second kappa shape index (κ2) is 4.99. The highest BCUT2D eigenvalue weighted by Gasteiger charge is 2.35. The minimum absolute atomic E-state index is 0.106. The summed E-state index contributed by atoms with van der Waals surface area (Å²) in [6, 6.07) is 4.15. The maximum absolute atomic E-state index is 12.9. The van der Waals surface area contributed by atoms with Crippen molar-refractivity contribution in [1.29, 1.82) is 0 Å². The Morgan fingerprint density at radius 3 is 2.43 bits per heavy atom. The van der Waals surface area contributed by atoms with Gasteiger partial charge in [-0.3, -0.25) is 4.72 Å². The maximum atomic E-state index is 12.9. The van der Waals surface area contributed by atoms with E-state index in [1.54, 1.807) is 7.05 Å². The SMILES string of the molecule is Cn1ccc(S(=O)(=O)Nc2ccc(N)cc2C(F)(F)F)c1. The molecule has 0 fully saturated rings. The smallest absolute Gasteiger partial charge is 0.399 e. The van der Waals surface area contributed by atoms with E-state index in [1.165, 1.54) is 29.1 Å². The van der Waals surface area contributed by atoms with Gasteiger partial charge in [0.05, 0.1) is 11.3 Å². The highest BCUT2D eigenvalue weighted by molar-refractivity contribution is 7.92. The summed E-state index contributed by atoms with van der Waals surface area (Å²) in [5, 5.41) is 0. The summed E-state index contributed by atoms with van der Waals surface area (Å²) in [5.74, 6) is 0. The number of nitrogens with zero attached hydrogens (tertiary/aromatic N) is 1. The van der Waals surface area contributed by atoms with Gasteiger partial charge >= 0.3 is 6.18 Å². The van der Waals surface area contributed by atoms with E-state index in [0.29, 0.717) is 6.07 Å². The Morgan fingerprint density at radius 1 is 1.24 bits per heavy atom. The van der Waals surface area contributed by atoms with Crippen molar-refractivity contribution in [2.24, 2.45) is 7.05 Å². The molecule has 1 aromatic heterocycles. The third-order valence-electron chi connectivity index (χ3n) is 2.71. The van der Waals surface area contributed by atoms with Crippen LogP contribution in [-0.4, -0.2) is 13.0 Å². The molecule has 2 rings (SSSR count). The van der Waals surface area contributed by atoms with Crippen LogP contribution in [0.4, 0.5) is 24.5 Å². The van der Waals surface area contributed by atoms with Crippen molar-refractivity contribution >= 4 is 21.4 Å². The van der Waals surface area contributed by atoms with Crippen molar-refractivity contribution in [1.82, 2.24) is 4.57 Å². The molecule has 0 bridgehead atoms. The summed E-state index contributed by atoms with van der Waals surface area (Å²) in [6.45, 7) is 0. The van der Waals surface area contributed by atoms with E-state index in [2.05, 4.69) is 0 Å². The summed E-state index contributed by atoms with van der Waals surface area (Å²) in [5.41, 5.74) is 3.51. The summed E-state index contributed by atoms with van der Waals surface area (Å²) >= 11 is 0. The Kier molecular flexibility index (Phi) is 3.62. The van der Waals surface area contributed by atoms with Crippen molar-refractivity contribution in [2.75, 3.05) is 10.5 Å². The fourth-order valence-corrected chi connectivity index (χ4v) is 2.86. The Morgan fingerprint density at radius 2 is 1.90 bits per heavy atom. The molecular formula is C12H12F3N3O2S. The number of aryl methyl sites for hydroxylation is 1. The van der Waals surface area contributed by atoms with Gasteiger partial charge in [0.2, 0.25) is 0 Å². The van der Waals surface area contributed by atoms with Crippen LogP contribution in [0.3, 0.4) is 0 Å². The number of hydrogen-bond acceptors (Lipinski definition) is 3. The topological polar surface area (TPSA) is 77.1 Å². The van der Waals surface area contributed by atoms with Gasteiger partial charge in [-0.2, -0.15) is 13.2 Å². The Labute approximate surface area is 119 Å². The van der Waals surface area contributed by atoms with Gasteiger partial charge in [-0.05, 0) is 24.3 Å². The van der Waals surface area contributed by atoms with Gasteiger partial charge in [0.1, 0.15) is 4.90 Å². The Bertz CT molecular complexity index is 766. The molecule has 1 heterocycles. The highest BCUT2D eigenvalue weighted by atomic mass is 32.2. The molecule has 0 saturated carbocycles. The molecule has 9 heteroatoms. The molecule has 2 aromatic rings. The largest absolute Gasteiger partial charge is 0.418 e. The van der Waals surface area contributed by atoms with Crippen molar-refractivity contribution in [3.63, 3.8) is 0 Å².